The minimum Gasteiger partial charge on any atom is -0.494 e. The van der Waals surface area contributed by atoms with Gasteiger partial charge in [0, 0.05) is 6.42 Å². The molecular formula is C14H21NO4. The van der Waals surface area contributed by atoms with E-state index < -0.39 is 5.54 Å². The summed E-state index contributed by atoms with van der Waals surface area (Å²) >= 11 is 0. The zero-order valence-electron chi connectivity index (χ0n) is 11.1. The molecule has 1 aromatic carbocycles. The molecule has 0 saturated carbocycles. The molecule has 19 heavy (non-hydrogen) atoms. The van der Waals surface area contributed by atoms with Crippen molar-refractivity contribution < 1.29 is 19.7 Å². The molecule has 0 aliphatic rings. The molecule has 1 amide bonds. The Kier molecular flexibility index (Phi) is 6.32. The zero-order chi connectivity index (χ0) is 14.1. The molecule has 0 bridgehead atoms. The van der Waals surface area contributed by atoms with Crippen LogP contribution in [0.5, 0.6) is 5.75 Å². The highest BCUT2D eigenvalue weighted by Gasteiger charge is 2.23. The Morgan fingerprint density at radius 2 is 1.89 bits per heavy atom. The van der Waals surface area contributed by atoms with Gasteiger partial charge in [0.05, 0.1) is 25.4 Å². The lowest BCUT2D eigenvalue weighted by Gasteiger charge is -2.26. The molecule has 0 aromatic heterocycles. The van der Waals surface area contributed by atoms with Crippen LogP contribution in [-0.2, 0) is 4.79 Å². The van der Waals surface area contributed by atoms with E-state index >= 15 is 0 Å². The average molecular weight is 267 g/mol. The zero-order valence-corrected chi connectivity index (χ0v) is 11.1. The number of carbonyl (C=O) groups excluding carboxylic acids is 1. The van der Waals surface area contributed by atoms with E-state index in [9.17, 15) is 4.79 Å². The second-order valence-corrected chi connectivity index (χ2v) is 4.69. The maximum atomic E-state index is 11.6. The lowest BCUT2D eigenvalue weighted by Crippen LogP contribution is -2.51. The second kappa shape index (κ2) is 7.76. The molecule has 0 heterocycles. The van der Waals surface area contributed by atoms with Crippen LogP contribution in [-0.4, -0.2) is 41.5 Å². The third-order valence-corrected chi connectivity index (χ3v) is 2.70. The number of nitrogens with one attached hydrogen (secondary N) is 1. The van der Waals surface area contributed by atoms with Crippen LogP contribution in [0.15, 0.2) is 30.3 Å². The van der Waals surface area contributed by atoms with Gasteiger partial charge < -0.3 is 20.3 Å². The summed E-state index contributed by atoms with van der Waals surface area (Å²) in [6, 6.07) is 9.39. The van der Waals surface area contributed by atoms with E-state index in [1.165, 1.54) is 0 Å². The Labute approximate surface area is 113 Å². The monoisotopic (exact) mass is 267 g/mol. The summed E-state index contributed by atoms with van der Waals surface area (Å²) in [5.41, 5.74) is -0.961. The first-order chi connectivity index (χ1) is 9.09. The minimum absolute atomic E-state index is 0.206. The predicted octanol–water partition coefficient (Wildman–Crippen LogP) is 0.705. The largest absolute Gasteiger partial charge is 0.494 e. The summed E-state index contributed by atoms with van der Waals surface area (Å²) in [6.07, 6.45) is 0.871. The number of para-hydroxylation sites is 1. The van der Waals surface area contributed by atoms with Gasteiger partial charge in [-0.15, -0.1) is 0 Å². The minimum atomic E-state index is -0.961. The van der Waals surface area contributed by atoms with E-state index in [1.54, 1.807) is 6.92 Å². The number of aliphatic hydroxyl groups is 2. The molecule has 0 radical (unpaired) electrons. The highest BCUT2D eigenvalue weighted by Crippen LogP contribution is 2.09. The topological polar surface area (TPSA) is 78.8 Å². The van der Waals surface area contributed by atoms with Crippen LogP contribution < -0.4 is 10.1 Å². The molecule has 0 aliphatic heterocycles. The summed E-state index contributed by atoms with van der Waals surface area (Å²) in [6.45, 7) is 1.45. The van der Waals surface area contributed by atoms with Gasteiger partial charge in [0.2, 0.25) is 5.91 Å². The van der Waals surface area contributed by atoms with Gasteiger partial charge in [-0.25, -0.2) is 0 Å². The number of ether oxygens (including phenoxy) is 1. The van der Waals surface area contributed by atoms with Crippen molar-refractivity contribution in [3.8, 4) is 5.75 Å². The van der Waals surface area contributed by atoms with E-state index in [0.717, 1.165) is 5.75 Å². The third kappa shape index (κ3) is 5.72. The lowest BCUT2D eigenvalue weighted by molar-refractivity contribution is -0.124. The number of amides is 1. The Morgan fingerprint density at radius 1 is 1.26 bits per heavy atom. The standard InChI is InChI=1S/C14H21NO4/c1-14(10-16,11-17)15-13(18)8-5-9-19-12-6-3-2-4-7-12/h2-4,6-7,16-17H,5,8-11H2,1H3,(H,15,18). The molecule has 0 atom stereocenters. The average Bonchev–Trinajstić information content (AvgIpc) is 2.44. The van der Waals surface area contributed by atoms with Crippen molar-refractivity contribution in [2.45, 2.75) is 25.3 Å². The fourth-order valence-electron chi connectivity index (χ4n) is 1.47. The van der Waals surface area contributed by atoms with Gasteiger partial charge in [0.25, 0.3) is 0 Å². The number of hydrogen-bond donors (Lipinski definition) is 3. The molecule has 106 valence electrons. The van der Waals surface area contributed by atoms with E-state index in [1.807, 2.05) is 30.3 Å². The maximum absolute atomic E-state index is 11.6. The lowest BCUT2D eigenvalue weighted by atomic mass is 10.1. The van der Waals surface area contributed by atoms with Gasteiger partial charge in [-0.2, -0.15) is 0 Å². The fraction of sp³-hybridized carbons (Fsp3) is 0.500. The predicted molar refractivity (Wildman–Crippen MR) is 71.9 cm³/mol. The van der Waals surface area contributed by atoms with Gasteiger partial charge in [-0.3, -0.25) is 4.79 Å². The first-order valence-electron chi connectivity index (χ1n) is 6.30. The molecule has 0 spiro atoms. The van der Waals surface area contributed by atoms with Crippen LogP contribution in [0.1, 0.15) is 19.8 Å². The van der Waals surface area contributed by atoms with Crippen molar-refractivity contribution in [2.75, 3.05) is 19.8 Å². The number of benzene rings is 1. The maximum Gasteiger partial charge on any atom is 0.220 e. The number of carbonyl (C=O) groups is 1. The first kappa shape index (κ1) is 15.5. The smallest absolute Gasteiger partial charge is 0.220 e. The van der Waals surface area contributed by atoms with Crippen LogP contribution in [0, 0.1) is 0 Å². The highest BCUT2D eigenvalue weighted by molar-refractivity contribution is 5.76. The van der Waals surface area contributed by atoms with Crippen LogP contribution in [0.4, 0.5) is 0 Å². The van der Waals surface area contributed by atoms with Crippen LogP contribution >= 0.6 is 0 Å². The number of rotatable bonds is 8. The van der Waals surface area contributed by atoms with Crippen LogP contribution in [0.2, 0.25) is 0 Å². The Bertz CT molecular complexity index is 376. The first-order valence-corrected chi connectivity index (χ1v) is 6.30. The Morgan fingerprint density at radius 3 is 2.47 bits per heavy atom. The van der Waals surface area contributed by atoms with Gasteiger partial charge in [-0.05, 0) is 25.5 Å². The van der Waals surface area contributed by atoms with E-state index in [2.05, 4.69) is 5.32 Å². The molecule has 0 aliphatic carbocycles. The summed E-state index contributed by atoms with van der Waals surface area (Å²) in [4.78, 5) is 11.6. The Hall–Kier alpha value is -1.59. The molecule has 1 aromatic rings. The second-order valence-electron chi connectivity index (χ2n) is 4.69. The fourth-order valence-corrected chi connectivity index (χ4v) is 1.47. The summed E-state index contributed by atoms with van der Waals surface area (Å²) in [7, 11) is 0. The van der Waals surface area contributed by atoms with Crippen LogP contribution in [0.3, 0.4) is 0 Å². The van der Waals surface area contributed by atoms with Gasteiger partial charge in [0.15, 0.2) is 0 Å². The van der Waals surface area contributed by atoms with E-state index in [4.69, 9.17) is 14.9 Å². The summed E-state index contributed by atoms with van der Waals surface area (Å²) in [5, 5.41) is 20.7. The van der Waals surface area contributed by atoms with E-state index in [0.29, 0.717) is 19.4 Å². The SMILES string of the molecule is CC(CO)(CO)NC(=O)CCCOc1ccccc1. The normalized spacial score (nSPS) is 11.1. The third-order valence-electron chi connectivity index (χ3n) is 2.70. The molecule has 1 rings (SSSR count). The van der Waals surface area contributed by atoms with Crippen LogP contribution in [0.25, 0.3) is 0 Å². The van der Waals surface area contributed by atoms with Gasteiger partial charge in [-0.1, -0.05) is 18.2 Å². The quantitative estimate of drug-likeness (QED) is 0.606. The van der Waals surface area contributed by atoms with Gasteiger partial charge >= 0.3 is 0 Å². The number of aliphatic hydroxyl groups excluding tert-OH is 2. The molecule has 0 fully saturated rings. The molecular weight excluding hydrogens is 246 g/mol. The van der Waals surface area contributed by atoms with Crippen molar-refractivity contribution in [3.63, 3.8) is 0 Å². The van der Waals surface area contributed by atoms with Crippen molar-refractivity contribution >= 4 is 5.91 Å². The van der Waals surface area contributed by atoms with Crippen molar-refractivity contribution in [3.05, 3.63) is 30.3 Å². The number of hydrogen-bond acceptors (Lipinski definition) is 4. The highest BCUT2D eigenvalue weighted by atomic mass is 16.5. The van der Waals surface area contributed by atoms with Crippen molar-refractivity contribution in [2.24, 2.45) is 0 Å². The van der Waals surface area contributed by atoms with Gasteiger partial charge in [0.1, 0.15) is 5.75 Å². The molecule has 0 unspecified atom stereocenters. The molecule has 5 heteroatoms. The van der Waals surface area contributed by atoms with Crippen molar-refractivity contribution in [1.29, 1.82) is 0 Å². The van der Waals surface area contributed by atoms with Crippen molar-refractivity contribution in [1.82, 2.24) is 5.32 Å². The summed E-state index contributed by atoms with van der Waals surface area (Å²) < 4.78 is 5.46. The van der Waals surface area contributed by atoms with E-state index in [-0.39, 0.29) is 19.1 Å². The Balaban J connectivity index is 2.21. The molecule has 0 saturated heterocycles. The summed E-state index contributed by atoms with van der Waals surface area (Å²) in [5.74, 6) is 0.570. The molecule has 5 nitrogen and oxygen atoms in total. The molecule has 3 N–H and O–H groups in total.